The highest BCUT2D eigenvalue weighted by Crippen LogP contribution is 2.37. The minimum atomic E-state index is -0.384. The number of benzene rings is 1. The molecule has 36 heavy (non-hydrogen) atoms. The first kappa shape index (κ1) is 26.2. The van der Waals surface area contributed by atoms with Crippen LogP contribution in [0.3, 0.4) is 0 Å². The van der Waals surface area contributed by atoms with Crippen LogP contribution in [0.15, 0.2) is 48.1 Å². The zero-order valence-corrected chi connectivity index (χ0v) is 22.3. The Kier molecular flexibility index (Phi) is 9.35. The first-order chi connectivity index (χ1) is 17.6. The number of hydrogen-bond donors (Lipinski definition) is 1. The highest BCUT2D eigenvalue weighted by Gasteiger charge is 2.26. The number of rotatable bonds is 10. The highest BCUT2D eigenvalue weighted by molar-refractivity contribution is 7.99. The van der Waals surface area contributed by atoms with Gasteiger partial charge in [0, 0.05) is 17.8 Å². The number of esters is 1. The van der Waals surface area contributed by atoms with E-state index in [0.717, 1.165) is 56.3 Å². The van der Waals surface area contributed by atoms with Crippen LogP contribution in [0.2, 0.25) is 0 Å². The Balaban J connectivity index is 1.44. The van der Waals surface area contributed by atoms with Gasteiger partial charge in [-0.3, -0.25) is 4.79 Å². The number of carbonyl (C=O) groups is 2. The number of carbonyl (C=O) groups excluding carboxylic acids is 2. The highest BCUT2D eigenvalue weighted by atomic mass is 32.2. The molecular formula is C27H32N4O3S2. The molecule has 0 fully saturated rings. The average Bonchev–Trinajstić information content (AvgIpc) is 3.41. The molecule has 3 aromatic rings. The lowest BCUT2D eigenvalue weighted by atomic mass is 9.96. The van der Waals surface area contributed by atoms with E-state index in [1.807, 2.05) is 28.8 Å². The zero-order valence-electron chi connectivity index (χ0n) is 20.6. The molecule has 0 saturated carbocycles. The van der Waals surface area contributed by atoms with Crippen LogP contribution < -0.4 is 5.32 Å². The third-order valence-corrected chi connectivity index (χ3v) is 8.41. The molecule has 0 radical (unpaired) electrons. The molecule has 0 bridgehead atoms. The molecular weight excluding hydrogens is 492 g/mol. The third-order valence-electron chi connectivity index (χ3n) is 6.23. The lowest BCUT2D eigenvalue weighted by Crippen LogP contribution is -2.17. The predicted octanol–water partition coefficient (Wildman–Crippen LogP) is 5.49. The number of hydrogen-bond acceptors (Lipinski definition) is 7. The summed E-state index contributed by atoms with van der Waals surface area (Å²) in [5.74, 6) is 0.466. The number of aromatic nitrogens is 3. The SMILES string of the molecule is C=CCn1c(CCc2ccccc2)nnc1SCC(=O)Nc1sc2c(c1C(=O)OC)CCCCCC2. The molecule has 1 amide bonds. The van der Waals surface area contributed by atoms with E-state index in [1.165, 1.54) is 47.1 Å². The Labute approximate surface area is 220 Å². The summed E-state index contributed by atoms with van der Waals surface area (Å²) in [5.41, 5.74) is 2.81. The second kappa shape index (κ2) is 12.9. The van der Waals surface area contributed by atoms with E-state index in [1.54, 1.807) is 0 Å². The molecule has 1 aromatic carbocycles. The fraction of sp³-hybridized carbons (Fsp3) is 0.407. The van der Waals surface area contributed by atoms with E-state index < -0.39 is 0 Å². The lowest BCUT2D eigenvalue weighted by Gasteiger charge is -2.11. The van der Waals surface area contributed by atoms with Crippen molar-refractivity contribution >= 4 is 40.0 Å². The fourth-order valence-electron chi connectivity index (χ4n) is 4.44. The van der Waals surface area contributed by atoms with Gasteiger partial charge in [-0.05, 0) is 43.2 Å². The molecule has 1 aliphatic rings. The molecule has 9 heteroatoms. The number of methoxy groups -OCH3 is 1. The van der Waals surface area contributed by atoms with Crippen molar-refractivity contribution < 1.29 is 14.3 Å². The summed E-state index contributed by atoms with van der Waals surface area (Å²) >= 11 is 2.85. The van der Waals surface area contributed by atoms with Gasteiger partial charge >= 0.3 is 5.97 Å². The third kappa shape index (κ3) is 6.44. The molecule has 0 atom stereocenters. The van der Waals surface area contributed by atoms with Gasteiger partial charge < -0.3 is 14.6 Å². The number of thiophene rings is 1. The minimum Gasteiger partial charge on any atom is -0.465 e. The molecule has 2 aromatic heterocycles. The van der Waals surface area contributed by atoms with Gasteiger partial charge in [0.2, 0.25) is 5.91 Å². The standard InChI is InChI=1S/C27H32N4O3S2/c1-3-17-31-22(16-15-19-11-7-6-8-12-19)29-30-27(31)35-18-23(32)28-25-24(26(33)34-2)20-13-9-4-5-10-14-21(20)36-25/h3,6-8,11-12H,1,4-5,9-10,13-18H2,2H3,(H,28,32). The maximum absolute atomic E-state index is 12.9. The maximum atomic E-state index is 12.9. The first-order valence-electron chi connectivity index (χ1n) is 12.3. The molecule has 1 N–H and O–H groups in total. The van der Waals surface area contributed by atoms with Crippen LogP contribution in [-0.2, 0) is 41.8 Å². The van der Waals surface area contributed by atoms with Gasteiger partial charge in [0.05, 0.1) is 18.4 Å². The van der Waals surface area contributed by atoms with Gasteiger partial charge in [0.25, 0.3) is 0 Å². The van der Waals surface area contributed by atoms with Crippen molar-refractivity contribution in [1.29, 1.82) is 0 Å². The Hall–Kier alpha value is -2.91. The molecule has 0 spiro atoms. The van der Waals surface area contributed by atoms with E-state index >= 15 is 0 Å². The second-order valence-corrected chi connectivity index (χ2v) is 10.8. The molecule has 4 rings (SSSR count). The Bertz CT molecular complexity index is 1200. The zero-order chi connectivity index (χ0) is 25.3. The summed E-state index contributed by atoms with van der Waals surface area (Å²) in [5, 5.41) is 13.0. The Morgan fingerprint density at radius 2 is 1.92 bits per heavy atom. The monoisotopic (exact) mass is 524 g/mol. The second-order valence-electron chi connectivity index (χ2n) is 8.73. The number of amides is 1. The van der Waals surface area contributed by atoms with Crippen LogP contribution in [0, 0.1) is 0 Å². The molecule has 190 valence electrons. The van der Waals surface area contributed by atoms with Gasteiger partial charge in [-0.15, -0.1) is 28.1 Å². The van der Waals surface area contributed by atoms with Crippen molar-refractivity contribution in [2.45, 2.75) is 63.1 Å². The number of anilines is 1. The normalized spacial score (nSPS) is 13.4. The molecule has 2 heterocycles. The van der Waals surface area contributed by atoms with Gasteiger partial charge in [-0.2, -0.15) is 0 Å². The summed E-state index contributed by atoms with van der Waals surface area (Å²) in [7, 11) is 1.39. The first-order valence-corrected chi connectivity index (χ1v) is 14.1. The van der Waals surface area contributed by atoms with Crippen molar-refractivity contribution in [1.82, 2.24) is 14.8 Å². The summed E-state index contributed by atoms with van der Waals surface area (Å²) in [6.07, 6.45) is 9.70. The molecule has 0 aliphatic heterocycles. The Morgan fingerprint density at radius 3 is 2.67 bits per heavy atom. The summed E-state index contributed by atoms with van der Waals surface area (Å²) in [4.78, 5) is 26.7. The quantitative estimate of drug-likeness (QED) is 0.215. The summed E-state index contributed by atoms with van der Waals surface area (Å²) < 4.78 is 7.07. The molecule has 1 aliphatic carbocycles. The van der Waals surface area contributed by atoms with Crippen molar-refractivity contribution in [2.75, 3.05) is 18.2 Å². The summed E-state index contributed by atoms with van der Waals surface area (Å²) in [6, 6.07) is 10.3. The molecule has 0 unspecified atom stereocenters. The van der Waals surface area contributed by atoms with Gasteiger partial charge in [-0.1, -0.05) is 61.0 Å². The molecule has 7 nitrogen and oxygen atoms in total. The molecule has 0 saturated heterocycles. The number of fused-ring (bicyclic) bond motifs is 1. The van der Waals surface area contributed by atoms with E-state index in [4.69, 9.17) is 4.74 Å². The van der Waals surface area contributed by atoms with E-state index in [2.05, 4.69) is 34.2 Å². The number of thioether (sulfide) groups is 1. The number of nitrogens with one attached hydrogen (secondary N) is 1. The van der Waals surface area contributed by atoms with Crippen molar-refractivity contribution in [2.24, 2.45) is 0 Å². The smallest absolute Gasteiger partial charge is 0.341 e. The van der Waals surface area contributed by atoms with E-state index in [9.17, 15) is 9.59 Å². The summed E-state index contributed by atoms with van der Waals surface area (Å²) in [6.45, 7) is 4.43. The Morgan fingerprint density at radius 1 is 1.14 bits per heavy atom. The van der Waals surface area contributed by atoms with Crippen LogP contribution in [-0.4, -0.2) is 39.5 Å². The van der Waals surface area contributed by atoms with Crippen molar-refractivity contribution in [3.8, 4) is 0 Å². The number of allylic oxidation sites excluding steroid dienone is 1. The van der Waals surface area contributed by atoms with Crippen LogP contribution in [0.4, 0.5) is 5.00 Å². The van der Waals surface area contributed by atoms with Crippen LogP contribution in [0.25, 0.3) is 0 Å². The van der Waals surface area contributed by atoms with Crippen LogP contribution >= 0.6 is 23.1 Å². The van der Waals surface area contributed by atoms with Crippen molar-refractivity contribution in [3.63, 3.8) is 0 Å². The average molecular weight is 525 g/mol. The number of nitrogens with zero attached hydrogens (tertiary/aromatic N) is 3. The largest absolute Gasteiger partial charge is 0.465 e. The topological polar surface area (TPSA) is 86.1 Å². The lowest BCUT2D eigenvalue weighted by molar-refractivity contribution is -0.113. The predicted molar refractivity (Wildman–Crippen MR) is 145 cm³/mol. The minimum absolute atomic E-state index is 0.164. The van der Waals surface area contributed by atoms with Crippen LogP contribution in [0.5, 0.6) is 0 Å². The maximum Gasteiger partial charge on any atom is 0.341 e. The van der Waals surface area contributed by atoms with E-state index in [-0.39, 0.29) is 17.6 Å². The van der Waals surface area contributed by atoms with Gasteiger partial charge in [0.1, 0.15) is 10.8 Å². The van der Waals surface area contributed by atoms with Crippen molar-refractivity contribution in [3.05, 3.63) is 70.4 Å². The van der Waals surface area contributed by atoms with Gasteiger partial charge in [-0.25, -0.2) is 4.79 Å². The van der Waals surface area contributed by atoms with Gasteiger partial charge in [0.15, 0.2) is 5.16 Å². The number of aryl methyl sites for hydroxylation is 3. The van der Waals surface area contributed by atoms with Crippen LogP contribution in [0.1, 0.15) is 57.9 Å². The number of ether oxygens (including phenoxy) is 1. The van der Waals surface area contributed by atoms with E-state index in [0.29, 0.717) is 22.3 Å². The fourth-order valence-corrected chi connectivity index (χ4v) is 6.50.